The summed E-state index contributed by atoms with van der Waals surface area (Å²) in [5.41, 5.74) is 5.16. The molecule has 3 aromatic rings. The molecule has 4 nitrogen and oxygen atoms in total. The van der Waals surface area contributed by atoms with Crippen molar-refractivity contribution in [1.29, 1.82) is 0 Å². The second-order valence-corrected chi connectivity index (χ2v) is 6.98. The maximum Gasteiger partial charge on any atom is 0.0947 e. The number of rotatable bonds is 3. The molecule has 0 fully saturated rings. The minimum Gasteiger partial charge on any atom is -0.357 e. The first-order valence-electron chi connectivity index (χ1n) is 7.71. The summed E-state index contributed by atoms with van der Waals surface area (Å²) in [4.78, 5) is 8.02. The Hall–Kier alpha value is -1.59. The third-order valence-corrected chi connectivity index (χ3v) is 4.95. The van der Waals surface area contributed by atoms with E-state index in [2.05, 4.69) is 55.6 Å². The molecule has 2 N–H and O–H groups in total. The summed E-state index contributed by atoms with van der Waals surface area (Å²) in [5.74, 6) is 0. The summed E-state index contributed by atoms with van der Waals surface area (Å²) < 4.78 is 3.13. The van der Waals surface area contributed by atoms with Crippen LogP contribution in [0.4, 0.5) is 0 Å². The summed E-state index contributed by atoms with van der Waals surface area (Å²) in [5, 5.41) is 5.02. The zero-order valence-electron chi connectivity index (χ0n) is 12.6. The van der Waals surface area contributed by atoms with E-state index in [0.717, 1.165) is 23.1 Å². The lowest BCUT2D eigenvalue weighted by molar-refractivity contribution is 0.450. The first kappa shape index (κ1) is 14.0. The number of hydrogen-bond donors (Lipinski definition) is 2. The molecule has 0 spiro atoms. The zero-order chi connectivity index (χ0) is 15.1. The van der Waals surface area contributed by atoms with Crippen LogP contribution < -0.4 is 5.32 Å². The predicted molar refractivity (Wildman–Crippen MR) is 91.7 cm³/mol. The van der Waals surface area contributed by atoms with Gasteiger partial charge in [0.15, 0.2) is 0 Å². The van der Waals surface area contributed by atoms with Crippen molar-refractivity contribution in [3.63, 3.8) is 0 Å². The quantitative estimate of drug-likeness (QED) is 0.747. The molecule has 2 aromatic heterocycles. The first-order valence-corrected chi connectivity index (χ1v) is 8.50. The van der Waals surface area contributed by atoms with E-state index in [4.69, 9.17) is 0 Å². The van der Waals surface area contributed by atoms with E-state index >= 15 is 0 Å². The molecule has 0 amide bonds. The van der Waals surface area contributed by atoms with Gasteiger partial charge in [0.25, 0.3) is 0 Å². The Morgan fingerprint density at radius 3 is 3.18 bits per heavy atom. The number of H-pyrrole nitrogens is 1. The second kappa shape index (κ2) is 5.56. The van der Waals surface area contributed by atoms with Crippen LogP contribution in [-0.2, 0) is 20.0 Å². The van der Waals surface area contributed by atoms with Gasteiger partial charge in [-0.3, -0.25) is 0 Å². The van der Waals surface area contributed by atoms with Crippen molar-refractivity contribution in [2.45, 2.75) is 31.8 Å². The van der Waals surface area contributed by atoms with Crippen LogP contribution in [0.1, 0.15) is 35.8 Å². The van der Waals surface area contributed by atoms with Crippen LogP contribution in [0, 0.1) is 0 Å². The predicted octanol–water partition coefficient (Wildman–Crippen LogP) is 3.83. The summed E-state index contributed by atoms with van der Waals surface area (Å²) in [7, 11) is 2.00. The fraction of sp³-hybridized carbons (Fsp3) is 0.353. The summed E-state index contributed by atoms with van der Waals surface area (Å²) in [6, 6.07) is 6.87. The van der Waals surface area contributed by atoms with E-state index in [1.807, 2.05) is 17.9 Å². The molecule has 22 heavy (non-hydrogen) atoms. The molecule has 0 saturated heterocycles. The van der Waals surface area contributed by atoms with Gasteiger partial charge >= 0.3 is 0 Å². The highest BCUT2D eigenvalue weighted by Gasteiger charge is 2.24. The third-order valence-electron chi connectivity index (χ3n) is 4.46. The van der Waals surface area contributed by atoms with Crippen LogP contribution in [0.5, 0.6) is 0 Å². The summed E-state index contributed by atoms with van der Waals surface area (Å²) >= 11 is 3.58. The van der Waals surface area contributed by atoms with Crippen molar-refractivity contribution in [2.75, 3.05) is 0 Å². The number of aryl methyl sites for hydroxylation is 2. The van der Waals surface area contributed by atoms with Gasteiger partial charge in [-0.25, -0.2) is 4.98 Å². The smallest absolute Gasteiger partial charge is 0.0947 e. The highest BCUT2D eigenvalue weighted by molar-refractivity contribution is 9.10. The largest absolute Gasteiger partial charge is 0.357 e. The average Bonchev–Trinajstić information content (AvgIpc) is 3.09. The molecule has 1 aliphatic rings. The molecule has 1 atom stereocenters. The molecule has 4 rings (SSSR count). The van der Waals surface area contributed by atoms with Crippen molar-refractivity contribution in [1.82, 2.24) is 19.9 Å². The molecule has 1 aromatic carbocycles. The van der Waals surface area contributed by atoms with E-state index in [1.54, 1.807) is 0 Å². The molecule has 0 bridgehead atoms. The normalized spacial score (nSPS) is 17.8. The minimum absolute atomic E-state index is 0.386. The number of fused-ring (bicyclic) bond motifs is 3. The second-order valence-electron chi connectivity index (χ2n) is 6.06. The Labute approximate surface area is 138 Å². The van der Waals surface area contributed by atoms with Crippen molar-refractivity contribution in [3.05, 3.63) is 52.1 Å². The number of aromatic nitrogens is 3. The topological polar surface area (TPSA) is 45.6 Å². The SMILES string of the molecule is Cn1cnc(CN[C@@H]2CCCc3c2[nH]c2ccc(Br)cc32)c1. The number of benzene rings is 1. The van der Waals surface area contributed by atoms with Crippen molar-refractivity contribution in [3.8, 4) is 0 Å². The van der Waals surface area contributed by atoms with Crippen molar-refractivity contribution < 1.29 is 0 Å². The monoisotopic (exact) mass is 358 g/mol. The van der Waals surface area contributed by atoms with E-state index in [0.29, 0.717) is 6.04 Å². The van der Waals surface area contributed by atoms with Gasteiger partial charge in [-0.1, -0.05) is 15.9 Å². The number of nitrogens with zero attached hydrogens (tertiary/aromatic N) is 2. The van der Waals surface area contributed by atoms with Gasteiger partial charge in [-0.05, 0) is 43.0 Å². The maximum atomic E-state index is 4.39. The zero-order valence-corrected chi connectivity index (χ0v) is 14.2. The molecule has 0 saturated carbocycles. The molecule has 114 valence electrons. The lowest BCUT2D eigenvalue weighted by Gasteiger charge is -2.23. The number of imidazole rings is 1. The molecule has 0 unspecified atom stereocenters. The summed E-state index contributed by atoms with van der Waals surface area (Å²) in [6.07, 6.45) is 7.48. The Morgan fingerprint density at radius 1 is 1.45 bits per heavy atom. The number of nitrogens with one attached hydrogen (secondary N) is 2. The summed E-state index contributed by atoms with van der Waals surface area (Å²) in [6.45, 7) is 0.810. The Balaban J connectivity index is 1.62. The van der Waals surface area contributed by atoms with Gasteiger partial charge < -0.3 is 14.9 Å². The molecule has 1 aliphatic carbocycles. The maximum absolute atomic E-state index is 4.39. The van der Waals surface area contributed by atoms with Crippen molar-refractivity contribution >= 4 is 26.8 Å². The molecule has 0 radical (unpaired) electrons. The van der Waals surface area contributed by atoms with E-state index in [-0.39, 0.29) is 0 Å². The molecule has 0 aliphatic heterocycles. The third kappa shape index (κ3) is 2.48. The van der Waals surface area contributed by atoms with Crippen LogP contribution in [-0.4, -0.2) is 14.5 Å². The van der Waals surface area contributed by atoms with Gasteiger partial charge in [-0.15, -0.1) is 0 Å². The van der Waals surface area contributed by atoms with E-state index in [9.17, 15) is 0 Å². The van der Waals surface area contributed by atoms with Crippen LogP contribution >= 0.6 is 15.9 Å². The molecule has 5 heteroatoms. The van der Waals surface area contributed by atoms with Gasteiger partial charge in [0.1, 0.15) is 0 Å². The number of hydrogen-bond acceptors (Lipinski definition) is 2. The Bertz CT molecular complexity index is 817. The van der Waals surface area contributed by atoms with Crippen molar-refractivity contribution in [2.24, 2.45) is 7.05 Å². The molecular weight excluding hydrogens is 340 g/mol. The van der Waals surface area contributed by atoms with E-state index < -0.39 is 0 Å². The fourth-order valence-electron chi connectivity index (χ4n) is 3.42. The number of halogens is 1. The highest BCUT2D eigenvalue weighted by atomic mass is 79.9. The lowest BCUT2D eigenvalue weighted by Crippen LogP contribution is -2.25. The van der Waals surface area contributed by atoms with Gasteiger partial charge in [0.2, 0.25) is 0 Å². The average molecular weight is 359 g/mol. The minimum atomic E-state index is 0.386. The van der Waals surface area contributed by atoms with Crippen LogP contribution in [0.15, 0.2) is 35.2 Å². The van der Waals surface area contributed by atoms with Gasteiger partial charge in [0, 0.05) is 46.9 Å². The highest BCUT2D eigenvalue weighted by Crippen LogP contribution is 2.35. The van der Waals surface area contributed by atoms with Gasteiger partial charge in [0.05, 0.1) is 12.0 Å². The van der Waals surface area contributed by atoms with Crippen LogP contribution in [0.2, 0.25) is 0 Å². The molecule has 2 heterocycles. The van der Waals surface area contributed by atoms with E-state index in [1.165, 1.54) is 35.0 Å². The Kier molecular flexibility index (Phi) is 3.54. The van der Waals surface area contributed by atoms with Crippen LogP contribution in [0.25, 0.3) is 10.9 Å². The van der Waals surface area contributed by atoms with Crippen LogP contribution in [0.3, 0.4) is 0 Å². The standard InChI is InChI=1S/C17H19BrN4/c1-22-9-12(20-10-22)8-19-16-4-2-3-13-14-7-11(18)5-6-15(14)21-17(13)16/h5-7,9-10,16,19,21H,2-4,8H2,1H3/t16-/m1/s1. The Morgan fingerprint density at radius 2 is 2.36 bits per heavy atom. The first-order chi connectivity index (χ1) is 10.7. The molecular formula is C17H19BrN4. The number of aromatic amines is 1. The lowest BCUT2D eigenvalue weighted by atomic mass is 9.91. The van der Waals surface area contributed by atoms with Gasteiger partial charge in [-0.2, -0.15) is 0 Å². The fourth-order valence-corrected chi connectivity index (χ4v) is 3.79.